The zero-order chi connectivity index (χ0) is 14.8. The standard InChI is InChI=1S/C16H16ClN3O/c1-11-6-7-14-16(18-11)20(15(9-17)19-14)13-5-3-4-12(8-13)10-21-2/h3-8H,9-10H2,1-2H3. The molecule has 0 aliphatic carbocycles. The Labute approximate surface area is 128 Å². The molecule has 0 atom stereocenters. The van der Waals surface area contributed by atoms with Crippen LogP contribution in [0, 0.1) is 6.92 Å². The van der Waals surface area contributed by atoms with E-state index in [1.807, 2.05) is 41.8 Å². The highest BCUT2D eigenvalue weighted by molar-refractivity contribution is 6.16. The lowest BCUT2D eigenvalue weighted by atomic mass is 10.2. The summed E-state index contributed by atoms with van der Waals surface area (Å²) >= 11 is 6.06. The monoisotopic (exact) mass is 301 g/mol. The summed E-state index contributed by atoms with van der Waals surface area (Å²) in [7, 11) is 1.69. The third-order valence-corrected chi connectivity index (χ3v) is 3.55. The van der Waals surface area contributed by atoms with Crippen LogP contribution < -0.4 is 0 Å². The maximum atomic E-state index is 6.06. The first kappa shape index (κ1) is 14.0. The Morgan fingerprint density at radius 1 is 1.19 bits per heavy atom. The normalized spacial score (nSPS) is 11.2. The molecule has 0 saturated carbocycles. The minimum atomic E-state index is 0.337. The first-order valence-corrected chi connectivity index (χ1v) is 7.25. The number of alkyl halides is 1. The van der Waals surface area contributed by atoms with Crippen molar-refractivity contribution in [2.24, 2.45) is 0 Å². The van der Waals surface area contributed by atoms with Crippen LogP contribution in [0.3, 0.4) is 0 Å². The molecule has 0 spiro atoms. The first-order chi connectivity index (χ1) is 10.2. The third kappa shape index (κ3) is 2.64. The van der Waals surface area contributed by atoms with Gasteiger partial charge in [-0.2, -0.15) is 0 Å². The zero-order valence-corrected chi connectivity index (χ0v) is 12.8. The summed E-state index contributed by atoms with van der Waals surface area (Å²) in [5.41, 5.74) is 4.75. The molecule has 3 aromatic rings. The molecule has 0 aliphatic rings. The molecule has 0 saturated heterocycles. The van der Waals surface area contributed by atoms with E-state index < -0.39 is 0 Å². The predicted octanol–water partition coefficient (Wildman–Crippen LogP) is 3.61. The molecule has 0 amide bonds. The minimum Gasteiger partial charge on any atom is -0.380 e. The van der Waals surface area contributed by atoms with E-state index in [9.17, 15) is 0 Å². The van der Waals surface area contributed by atoms with Crippen LogP contribution in [0.15, 0.2) is 36.4 Å². The van der Waals surface area contributed by atoms with Gasteiger partial charge in [0.1, 0.15) is 11.3 Å². The molecule has 0 aliphatic heterocycles. The number of benzene rings is 1. The molecule has 5 heteroatoms. The van der Waals surface area contributed by atoms with Gasteiger partial charge >= 0.3 is 0 Å². The van der Waals surface area contributed by atoms with Crippen LogP contribution in [-0.2, 0) is 17.2 Å². The SMILES string of the molecule is COCc1cccc(-n2c(CCl)nc3ccc(C)nc32)c1. The number of rotatable bonds is 4. The molecule has 0 N–H and O–H groups in total. The van der Waals surface area contributed by atoms with Gasteiger partial charge in [-0.25, -0.2) is 9.97 Å². The molecule has 2 heterocycles. The van der Waals surface area contributed by atoms with E-state index in [1.165, 1.54) is 0 Å². The number of nitrogens with zero attached hydrogens (tertiary/aromatic N) is 3. The van der Waals surface area contributed by atoms with E-state index in [0.717, 1.165) is 33.9 Å². The number of imidazole rings is 1. The van der Waals surface area contributed by atoms with Crippen molar-refractivity contribution in [3.05, 3.63) is 53.5 Å². The van der Waals surface area contributed by atoms with E-state index in [2.05, 4.69) is 16.0 Å². The predicted molar refractivity (Wildman–Crippen MR) is 83.9 cm³/mol. The maximum Gasteiger partial charge on any atom is 0.164 e. The van der Waals surface area contributed by atoms with Crippen LogP contribution in [0.2, 0.25) is 0 Å². The van der Waals surface area contributed by atoms with Crippen molar-refractivity contribution in [2.75, 3.05) is 7.11 Å². The Balaban J connectivity index is 2.22. The number of aromatic nitrogens is 3. The van der Waals surface area contributed by atoms with Gasteiger partial charge in [-0.15, -0.1) is 11.6 Å². The third-order valence-electron chi connectivity index (χ3n) is 3.31. The molecule has 108 valence electrons. The highest BCUT2D eigenvalue weighted by Crippen LogP contribution is 2.22. The van der Waals surface area contributed by atoms with Crippen LogP contribution in [0.25, 0.3) is 16.9 Å². The summed E-state index contributed by atoms with van der Waals surface area (Å²) < 4.78 is 7.21. The molecule has 4 nitrogen and oxygen atoms in total. The lowest BCUT2D eigenvalue weighted by Gasteiger charge is -2.09. The number of aryl methyl sites for hydroxylation is 1. The summed E-state index contributed by atoms with van der Waals surface area (Å²) in [5, 5.41) is 0. The molecular formula is C16H16ClN3O. The van der Waals surface area contributed by atoms with Crippen molar-refractivity contribution in [3.63, 3.8) is 0 Å². The number of pyridine rings is 1. The van der Waals surface area contributed by atoms with Gasteiger partial charge in [0, 0.05) is 18.5 Å². The molecule has 2 aromatic heterocycles. The van der Waals surface area contributed by atoms with Crippen molar-refractivity contribution in [3.8, 4) is 5.69 Å². The van der Waals surface area contributed by atoms with E-state index >= 15 is 0 Å². The number of fused-ring (bicyclic) bond motifs is 1. The molecule has 21 heavy (non-hydrogen) atoms. The fourth-order valence-electron chi connectivity index (χ4n) is 2.41. The average molecular weight is 302 g/mol. The number of hydrogen-bond donors (Lipinski definition) is 0. The van der Waals surface area contributed by atoms with Gasteiger partial charge in [0.25, 0.3) is 0 Å². The Morgan fingerprint density at radius 3 is 2.81 bits per heavy atom. The van der Waals surface area contributed by atoms with Gasteiger partial charge < -0.3 is 4.74 Å². The number of methoxy groups -OCH3 is 1. The quantitative estimate of drug-likeness (QED) is 0.691. The number of halogens is 1. The average Bonchev–Trinajstić information content (AvgIpc) is 2.85. The van der Waals surface area contributed by atoms with Crippen LogP contribution in [0.1, 0.15) is 17.1 Å². The summed E-state index contributed by atoms with van der Waals surface area (Å²) in [6.45, 7) is 2.54. The number of ether oxygens (including phenoxy) is 1. The Hall–Kier alpha value is -1.91. The molecule has 3 rings (SSSR count). The minimum absolute atomic E-state index is 0.337. The molecular weight excluding hydrogens is 286 g/mol. The largest absolute Gasteiger partial charge is 0.380 e. The maximum absolute atomic E-state index is 6.06. The smallest absolute Gasteiger partial charge is 0.164 e. The summed E-state index contributed by atoms with van der Waals surface area (Å²) in [6.07, 6.45) is 0. The second-order valence-electron chi connectivity index (χ2n) is 4.90. The Morgan fingerprint density at radius 2 is 2.05 bits per heavy atom. The van der Waals surface area contributed by atoms with Crippen LogP contribution in [0.4, 0.5) is 0 Å². The molecule has 0 fully saturated rings. The highest BCUT2D eigenvalue weighted by Gasteiger charge is 2.13. The van der Waals surface area contributed by atoms with Gasteiger partial charge in [0.05, 0.1) is 12.5 Å². The van der Waals surface area contributed by atoms with Crippen LogP contribution >= 0.6 is 11.6 Å². The van der Waals surface area contributed by atoms with Crippen molar-refractivity contribution >= 4 is 22.8 Å². The molecule has 0 unspecified atom stereocenters. The molecule has 1 aromatic carbocycles. The Bertz CT molecular complexity index is 782. The van der Waals surface area contributed by atoms with Crippen LogP contribution in [0.5, 0.6) is 0 Å². The second kappa shape index (κ2) is 5.84. The van der Waals surface area contributed by atoms with E-state index in [4.69, 9.17) is 16.3 Å². The second-order valence-corrected chi connectivity index (χ2v) is 5.16. The highest BCUT2D eigenvalue weighted by atomic mass is 35.5. The van der Waals surface area contributed by atoms with Crippen molar-refractivity contribution in [2.45, 2.75) is 19.4 Å². The van der Waals surface area contributed by atoms with Crippen molar-refractivity contribution in [1.82, 2.24) is 14.5 Å². The molecule has 0 radical (unpaired) electrons. The summed E-state index contributed by atoms with van der Waals surface area (Å²) in [5.74, 6) is 1.13. The van der Waals surface area contributed by atoms with E-state index in [-0.39, 0.29) is 0 Å². The van der Waals surface area contributed by atoms with Gasteiger partial charge in [-0.3, -0.25) is 4.57 Å². The zero-order valence-electron chi connectivity index (χ0n) is 12.0. The fraction of sp³-hybridized carbons (Fsp3) is 0.250. The van der Waals surface area contributed by atoms with Gasteiger partial charge in [0.15, 0.2) is 5.65 Å². The topological polar surface area (TPSA) is 39.9 Å². The van der Waals surface area contributed by atoms with Crippen molar-refractivity contribution < 1.29 is 4.74 Å². The fourth-order valence-corrected chi connectivity index (χ4v) is 2.59. The van der Waals surface area contributed by atoms with E-state index in [1.54, 1.807) is 7.11 Å². The summed E-state index contributed by atoms with van der Waals surface area (Å²) in [4.78, 5) is 9.17. The van der Waals surface area contributed by atoms with Crippen LogP contribution in [-0.4, -0.2) is 21.6 Å². The lowest BCUT2D eigenvalue weighted by molar-refractivity contribution is 0.185. The van der Waals surface area contributed by atoms with Crippen molar-refractivity contribution in [1.29, 1.82) is 0 Å². The molecule has 0 bridgehead atoms. The Kier molecular flexibility index (Phi) is 3.90. The lowest BCUT2D eigenvalue weighted by Crippen LogP contribution is -2.01. The van der Waals surface area contributed by atoms with Gasteiger partial charge in [-0.05, 0) is 36.8 Å². The van der Waals surface area contributed by atoms with Gasteiger partial charge in [0.2, 0.25) is 0 Å². The van der Waals surface area contributed by atoms with Gasteiger partial charge in [-0.1, -0.05) is 12.1 Å². The van der Waals surface area contributed by atoms with E-state index in [0.29, 0.717) is 12.5 Å². The first-order valence-electron chi connectivity index (χ1n) is 6.72. The number of hydrogen-bond acceptors (Lipinski definition) is 3. The summed E-state index contributed by atoms with van der Waals surface area (Å²) in [6, 6.07) is 12.1.